The lowest BCUT2D eigenvalue weighted by atomic mass is 10.1. The van der Waals surface area contributed by atoms with Gasteiger partial charge in [0.15, 0.2) is 0 Å². The molecule has 0 unspecified atom stereocenters. The summed E-state index contributed by atoms with van der Waals surface area (Å²) in [6.45, 7) is 6.41. The lowest BCUT2D eigenvalue weighted by Gasteiger charge is -2.29. The topological polar surface area (TPSA) is 90.0 Å². The van der Waals surface area contributed by atoms with E-state index < -0.39 is 12.1 Å². The van der Waals surface area contributed by atoms with E-state index >= 15 is 0 Å². The number of carbonyl (C=O) groups excluding carboxylic acids is 2. The van der Waals surface area contributed by atoms with E-state index in [0.717, 1.165) is 39.0 Å². The van der Waals surface area contributed by atoms with Gasteiger partial charge >= 0.3 is 12.1 Å². The summed E-state index contributed by atoms with van der Waals surface area (Å²) >= 11 is 5.89. The smallest absolute Gasteiger partial charge is 0.475 e. The number of halogens is 4. The fourth-order valence-electron chi connectivity index (χ4n) is 2.74. The van der Waals surface area contributed by atoms with E-state index in [0.29, 0.717) is 30.1 Å². The van der Waals surface area contributed by atoms with Crippen LogP contribution >= 0.6 is 11.6 Å². The Morgan fingerprint density at radius 1 is 1.13 bits per heavy atom. The predicted molar refractivity (Wildman–Crippen MR) is 110 cm³/mol. The minimum Gasteiger partial charge on any atom is -0.475 e. The monoisotopic (exact) mass is 465 g/mol. The molecular formula is C20H27ClF3N3O4. The van der Waals surface area contributed by atoms with Crippen LogP contribution in [0, 0.1) is 0 Å². The summed E-state index contributed by atoms with van der Waals surface area (Å²) < 4.78 is 31.7. The van der Waals surface area contributed by atoms with E-state index in [1.54, 1.807) is 29.2 Å². The van der Waals surface area contributed by atoms with Crippen molar-refractivity contribution < 1.29 is 32.7 Å². The SMILES string of the molecule is CCCCN(CCC(=O)N1CCNCC1)C(=O)c1ccc(Cl)cc1.O=C(O)C(F)(F)F. The molecule has 1 aliphatic heterocycles. The zero-order valence-corrected chi connectivity index (χ0v) is 18.0. The number of piperazine rings is 1. The summed E-state index contributed by atoms with van der Waals surface area (Å²) in [6, 6.07) is 6.92. The standard InChI is InChI=1S/C18H26ClN3O2.C2HF3O2/c1-2-3-11-22(18(24)15-4-6-16(19)7-5-15)12-8-17(23)21-13-9-20-10-14-21;3-2(4,5)1(6)7/h4-7,20H,2-3,8-14H2,1H3;(H,6,7). The Bertz CT molecular complexity index is 723. The Balaban J connectivity index is 0.000000592. The first kappa shape index (κ1) is 26.7. The number of unbranched alkanes of at least 4 members (excludes halogenated alkanes) is 1. The second-order valence-electron chi connectivity index (χ2n) is 6.84. The molecule has 31 heavy (non-hydrogen) atoms. The lowest BCUT2D eigenvalue weighted by molar-refractivity contribution is -0.192. The molecule has 1 aromatic rings. The Morgan fingerprint density at radius 2 is 1.68 bits per heavy atom. The Hall–Kier alpha value is -2.33. The number of hydrogen-bond acceptors (Lipinski definition) is 4. The van der Waals surface area contributed by atoms with Gasteiger partial charge in [0.2, 0.25) is 5.91 Å². The Labute approximate surface area is 184 Å². The highest BCUT2D eigenvalue weighted by Gasteiger charge is 2.38. The molecule has 174 valence electrons. The van der Waals surface area contributed by atoms with E-state index in [1.165, 1.54) is 0 Å². The van der Waals surface area contributed by atoms with E-state index in [9.17, 15) is 22.8 Å². The molecule has 1 heterocycles. The number of carboxylic acid groups (broad SMARTS) is 1. The number of nitrogens with one attached hydrogen (secondary N) is 1. The summed E-state index contributed by atoms with van der Waals surface area (Å²) in [5.74, 6) is -2.66. The van der Waals surface area contributed by atoms with Crippen LogP contribution in [0.2, 0.25) is 5.02 Å². The van der Waals surface area contributed by atoms with E-state index in [4.69, 9.17) is 21.5 Å². The highest BCUT2D eigenvalue weighted by atomic mass is 35.5. The average Bonchev–Trinajstić information content (AvgIpc) is 2.74. The Kier molecular flexibility index (Phi) is 11.3. The third-order valence-electron chi connectivity index (χ3n) is 4.47. The predicted octanol–water partition coefficient (Wildman–Crippen LogP) is 3.04. The third-order valence-corrected chi connectivity index (χ3v) is 4.72. The maximum absolute atomic E-state index is 12.7. The van der Waals surface area contributed by atoms with Gasteiger partial charge in [0.25, 0.3) is 5.91 Å². The summed E-state index contributed by atoms with van der Waals surface area (Å²) in [5.41, 5.74) is 0.616. The van der Waals surface area contributed by atoms with Crippen LogP contribution in [0.3, 0.4) is 0 Å². The fraction of sp³-hybridized carbons (Fsp3) is 0.550. The molecule has 0 atom stereocenters. The number of carboxylic acids is 1. The number of aliphatic carboxylic acids is 1. The lowest BCUT2D eigenvalue weighted by Crippen LogP contribution is -2.47. The van der Waals surface area contributed by atoms with Crippen LogP contribution in [0.1, 0.15) is 36.5 Å². The van der Waals surface area contributed by atoms with Crippen LogP contribution < -0.4 is 5.32 Å². The second kappa shape index (κ2) is 13.2. The normalized spacial score (nSPS) is 13.8. The van der Waals surface area contributed by atoms with Gasteiger partial charge in [0.05, 0.1) is 0 Å². The Morgan fingerprint density at radius 3 is 2.16 bits per heavy atom. The molecule has 2 N–H and O–H groups in total. The van der Waals surface area contributed by atoms with Crippen LogP contribution in [0.4, 0.5) is 13.2 Å². The van der Waals surface area contributed by atoms with Crippen molar-refractivity contribution in [1.29, 1.82) is 0 Å². The summed E-state index contributed by atoms with van der Waals surface area (Å²) in [7, 11) is 0. The maximum Gasteiger partial charge on any atom is 0.490 e. The molecule has 1 fully saturated rings. The van der Waals surface area contributed by atoms with Crippen LogP contribution in [-0.2, 0) is 9.59 Å². The zero-order chi connectivity index (χ0) is 23.4. The van der Waals surface area contributed by atoms with Crippen LogP contribution in [0.25, 0.3) is 0 Å². The van der Waals surface area contributed by atoms with Gasteiger partial charge in [0, 0.05) is 56.3 Å². The number of rotatable bonds is 7. The molecule has 0 saturated carbocycles. The summed E-state index contributed by atoms with van der Waals surface area (Å²) in [5, 5.41) is 11.0. The van der Waals surface area contributed by atoms with Gasteiger partial charge in [0.1, 0.15) is 0 Å². The molecule has 11 heteroatoms. The van der Waals surface area contributed by atoms with Gasteiger partial charge in [-0.1, -0.05) is 24.9 Å². The van der Waals surface area contributed by atoms with Crippen LogP contribution in [0.15, 0.2) is 24.3 Å². The number of carbonyl (C=O) groups is 3. The molecular weight excluding hydrogens is 439 g/mol. The summed E-state index contributed by atoms with van der Waals surface area (Å²) in [6.07, 6.45) is -2.76. The van der Waals surface area contributed by atoms with Gasteiger partial charge in [-0.05, 0) is 30.7 Å². The van der Waals surface area contributed by atoms with E-state index in [-0.39, 0.29) is 11.8 Å². The van der Waals surface area contributed by atoms with Crippen molar-refractivity contribution in [2.24, 2.45) is 0 Å². The molecule has 7 nitrogen and oxygen atoms in total. The molecule has 1 aromatic carbocycles. The number of hydrogen-bond donors (Lipinski definition) is 2. The molecule has 0 aliphatic carbocycles. The third kappa shape index (κ3) is 10.0. The van der Waals surface area contributed by atoms with Crippen molar-refractivity contribution in [1.82, 2.24) is 15.1 Å². The van der Waals surface area contributed by atoms with Gasteiger partial charge in [-0.2, -0.15) is 13.2 Å². The van der Waals surface area contributed by atoms with Crippen molar-refractivity contribution in [3.63, 3.8) is 0 Å². The maximum atomic E-state index is 12.7. The largest absolute Gasteiger partial charge is 0.490 e. The number of alkyl halides is 3. The molecule has 0 spiro atoms. The van der Waals surface area contributed by atoms with Gasteiger partial charge in [-0.15, -0.1) is 0 Å². The summed E-state index contributed by atoms with van der Waals surface area (Å²) in [4.78, 5) is 37.6. The van der Waals surface area contributed by atoms with Crippen LogP contribution in [0.5, 0.6) is 0 Å². The van der Waals surface area contributed by atoms with Crippen LogP contribution in [-0.4, -0.2) is 78.1 Å². The molecule has 1 aliphatic rings. The van der Waals surface area contributed by atoms with Crippen molar-refractivity contribution in [2.75, 3.05) is 39.3 Å². The minimum atomic E-state index is -5.08. The highest BCUT2D eigenvalue weighted by molar-refractivity contribution is 6.30. The second-order valence-corrected chi connectivity index (χ2v) is 7.27. The number of benzene rings is 1. The van der Waals surface area contributed by atoms with Crippen molar-refractivity contribution in [3.05, 3.63) is 34.9 Å². The van der Waals surface area contributed by atoms with Crippen molar-refractivity contribution in [3.8, 4) is 0 Å². The molecule has 1 saturated heterocycles. The van der Waals surface area contributed by atoms with Gasteiger partial charge < -0.3 is 20.2 Å². The first-order valence-corrected chi connectivity index (χ1v) is 10.3. The average molecular weight is 466 g/mol. The van der Waals surface area contributed by atoms with Crippen molar-refractivity contribution in [2.45, 2.75) is 32.4 Å². The highest BCUT2D eigenvalue weighted by Crippen LogP contribution is 2.14. The first-order chi connectivity index (χ1) is 14.6. The molecule has 0 aromatic heterocycles. The number of nitrogens with zero attached hydrogens (tertiary/aromatic N) is 2. The van der Waals surface area contributed by atoms with E-state index in [2.05, 4.69) is 12.2 Å². The molecule has 2 rings (SSSR count). The quantitative estimate of drug-likeness (QED) is 0.646. The number of amides is 2. The molecule has 0 radical (unpaired) electrons. The van der Waals surface area contributed by atoms with Crippen molar-refractivity contribution >= 4 is 29.4 Å². The molecule has 2 amide bonds. The molecule has 0 bridgehead atoms. The fourth-order valence-corrected chi connectivity index (χ4v) is 2.87. The minimum absolute atomic E-state index is 0.0340. The van der Waals surface area contributed by atoms with Gasteiger partial charge in [-0.3, -0.25) is 9.59 Å². The van der Waals surface area contributed by atoms with E-state index in [1.807, 2.05) is 4.90 Å². The zero-order valence-electron chi connectivity index (χ0n) is 17.3. The van der Waals surface area contributed by atoms with Gasteiger partial charge in [-0.25, -0.2) is 4.79 Å². The first-order valence-electron chi connectivity index (χ1n) is 9.89.